The lowest BCUT2D eigenvalue weighted by molar-refractivity contribution is 0.933. The van der Waals surface area contributed by atoms with Gasteiger partial charge in [0, 0.05) is 17.5 Å². The quantitative estimate of drug-likeness (QED) is 0.753. The van der Waals surface area contributed by atoms with Crippen molar-refractivity contribution in [3.8, 4) is 11.3 Å². The van der Waals surface area contributed by atoms with Crippen molar-refractivity contribution in [3.63, 3.8) is 0 Å². The van der Waals surface area contributed by atoms with Gasteiger partial charge in [0.1, 0.15) is 11.0 Å². The third-order valence-corrected chi connectivity index (χ3v) is 3.47. The van der Waals surface area contributed by atoms with Crippen LogP contribution in [0, 0.1) is 20.8 Å². The molecule has 0 saturated heterocycles. The summed E-state index contributed by atoms with van der Waals surface area (Å²) in [6, 6.07) is 6.38. The Labute approximate surface area is 113 Å². The highest BCUT2D eigenvalue weighted by molar-refractivity contribution is 6.30. The first-order valence-corrected chi connectivity index (χ1v) is 6.51. The van der Waals surface area contributed by atoms with Gasteiger partial charge in [-0.05, 0) is 32.4 Å². The third-order valence-electron chi connectivity index (χ3n) is 3.10. The molecule has 0 radical (unpaired) electrons. The molecule has 0 fully saturated rings. The van der Waals surface area contributed by atoms with Gasteiger partial charge in [0.2, 0.25) is 0 Å². The number of aryl methyl sites for hydroxylation is 3. The van der Waals surface area contributed by atoms with Crippen molar-refractivity contribution in [3.05, 3.63) is 45.9 Å². The summed E-state index contributed by atoms with van der Waals surface area (Å²) < 4.78 is 0. The molecule has 0 N–H and O–H groups in total. The van der Waals surface area contributed by atoms with Crippen molar-refractivity contribution in [2.45, 2.75) is 34.1 Å². The maximum atomic E-state index is 6.19. The summed E-state index contributed by atoms with van der Waals surface area (Å²) in [7, 11) is 0. The maximum absolute atomic E-state index is 6.19. The Balaban J connectivity index is 2.69. The van der Waals surface area contributed by atoms with Gasteiger partial charge >= 0.3 is 0 Å². The summed E-state index contributed by atoms with van der Waals surface area (Å²) in [4.78, 5) is 8.91. The van der Waals surface area contributed by atoms with E-state index >= 15 is 0 Å². The molecule has 0 spiro atoms. The molecule has 1 heterocycles. The number of aromatic nitrogens is 2. The fourth-order valence-corrected chi connectivity index (χ4v) is 2.13. The van der Waals surface area contributed by atoms with Gasteiger partial charge in [-0.2, -0.15) is 0 Å². The zero-order valence-electron chi connectivity index (χ0n) is 11.2. The Morgan fingerprint density at radius 2 is 1.83 bits per heavy atom. The van der Waals surface area contributed by atoms with Crippen LogP contribution in [0.15, 0.2) is 18.2 Å². The normalized spacial score (nSPS) is 10.7. The molecule has 0 aliphatic carbocycles. The molecule has 1 aromatic heterocycles. The van der Waals surface area contributed by atoms with Crippen LogP contribution in [0.1, 0.15) is 29.4 Å². The smallest absolute Gasteiger partial charge is 0.136 e. The topological polar surface area (TPSA) is 25.8 Å². The number of halogens is 1. The van der Waals surface area contributed by atoms with Crippen LogP contribution in [0.3, 0.4) is 0 Å². The maximum Gasteiger partial charge on any atom is 0.136 e. The molecule has 18 heavy (non-hydrogen) atoms. The molecule has 94 valence electrons. The fraction of sp³-hybridized carbons (Fsp3) is 0.333. The summed E-state index contributed by atoms with van der Waals surface area (Å²) in [6.45, 7) is 8.18. The minimum atomic E-state index is 0.553. The minimum absolute atomic E-state index is 0.553. The van der Waals surface area contributed by atoms with Crippen LogP contribution in [0.25, 0.3) is 11.3 Å². The van der Waals surface area contributed by atoms with Crippen molar-refractivity contribution in [1.82, 2.24) is 9.97 Å². The van der Waals surface area contributed by atoms with Crippen LogP contribution in [-0.2, 0) is 6.42 Å². The summed E-state index contributed by atoms with van der Waals surface area (Å²) in [5.74, 6) is 0.793. The summed E-state index contributed by atoms with van der Waals surface area (Å²) >= 11 is 6.19. The Bertz CT molecular complexity index is 591. The zero-order valence-corrected chi connectivity index (χ0v) is 12.0. The lowest BCUT2D eigenvalue weighted by Crippen LogP contribution is -2.00. The number of hydrogen-bond acceptors (Lipinski definition) is 2. The number of nitrogens with zero attached hydrogens (tertiary/aromatic N) is 2. The molecule has 0 atom stereocenters. The first kappa shape index (κ1) is 13.0. The summed E-state index contributed by atoms with van der Waals surface area (Å²) in [5.41, 5.74) is 5.48. The molecule has 0 aliphatic rings. The summed E-state index contributed by atoms with van der Waals surface area (Å²) in [5, 5.41) is 0.553. The molecule has 2 aromatic rings. The van der Waals surface area contributed by atoms with E-state index in [1.807, 2.05) is 13.8 Å². The molecule has 0 unspecified atom stereocenters. The Hall–Kier alpha value is -1.41. The van der Waals surface area contributed by atoms with E-state index in [-0.39, 0.29) is 0 Å². The van der Waals surface area contributed by atoms with E-state index in [9.17, 15) is 0 Å². The van der Waals surface area contributed by atoms with Crippen LogP contribution < -0.4 is 0 Å². The first-order chi connectivity index (χ1) is 8.52. The molecule has 0 saturated carbocycles. The highest BCUT2D eigenvalue weighted by Gasteiger charge is 2.12. The van der Waals surface area contributed by atoms with Crippen molar-refractivity contribution < 1.29 is 0 Å². The zero-order chi connectivity index (χ0) is 13.3. The second-order valence-electron chi connectivity index (χ2n) is 4.58. The second kappa shape index (κ2) is 5.07. The predicted octanol–water partition coefficient (Wildman–Crippen LogP) is 4.28. The molecule has 0 amide bonds. The van der Waals surface area contributed by atoms with Crippen molar-refractivity contribution in [1.29, 1.82) is 0 Å². The van der Waals surface area contributed by atoms with Gasteiger partial charge in [-0.15, -0.1) is 0 Å². The molecular weight excluding hydrogens is 244 g/mol. The van der Waals surface area contributed by atoms with Crippen molar-refractivity contribution >= 4 is 11.6 Å². The standard InChI is InChI=1S/C15H17ClN2/c1-5-13-17-14(11(4)15(16)18-13)12-8-9(2)6-7-10(12)3/h6-8H,5H2,1-4H3. The Kier molecular flexibility index (Phi) is 3.67. The van der Waals surface area contributed by atoms with Crippen LogP contribution in [-0.4, -0.2) is 9.97 Å². The highest BCUT2D eigenvalue weighted by Crippen LogP contribution is 2.29. The van der Waals surface area contributed by atoms with Crippen molar-refractivity contribution in [2.75, 3.05) is 0 Å². The lowest BCUT2D eigenvalue weighted by atomic mass is 10.00. The largest absolute Gasteiger partial charge is 0.233 e. The third kappa shape index (κ3) is 2.39. The Morgan fingerprint density at radius 1 is 1.11 bits per heavy atom. The van der Waals surface area contributed by atoms with E-state index in [2.05, 4.69) is 42.0 Å². The van der Waals surface area contributed by atoms with Gasteiger partial charge in [0.25, 0.3) is 0 Å². The average molecular weight is 261 g/mol. The average Bonchev–Trinajstić information content (AvgIpc) is 2.35. The minimum Gasteiger partial charge on any atom is -0.233 e. The van der Waals surface area contributed by atoms with E-state index in [1.165, 1.54) is 11.1 Å². The van der Waals surface area contributed by atoms with Crippen LogP contribution >= 0.6 is 11.6 Å². The van der Waals surface area contributed by atoms with Crippen LogP contribution in [0.5, 0.6) is 0 Å². The van der Waals surface area contributed by atoms with Gasteiger partial charge < -0.3 is 0 Å². The van der Waals surface area contributed by atoms with E-state index in [0.29, 0.717) is 5.15 Å². The lowest BCUT2D eigenvalue weighted by Gasteiger charge is -2.11. The molecule has 2 nitrogen and oxygen atoms in total. The van der Waals surface area contributed by atoms with E-state index in [1.54, 1.807) is 0 Å². The summed E-state index contributed by atoms with van der Waals surface area (Å²) in [6.07, 6.45) is 0.790. The fourth-order valence-electron chi connectivity index (χ4n) is 1.94. The molecule has 2 rings (SSSR count). The van der Waals surface area contributed by atoms with Crippen LogP contribution in [0.4, 0.5) is 0 Å². The number of benzene rings is 1. The molecular formula is C15H17ClN2. The second-order valence-corrected chi connectivity index (χ2v) is 4.93. The predicted molar refractivity (Wildman–Crippen MR) is 76.1 cm³/mol. The SMILES string of the molecule is CCc1nc(Cl)c(C)c(-c2cc(C)ccc2C)n1. The van der Waals surface area contributed by atoms with E-state index < -0.39 is 0 Å². The molecule has 3 heteroatoms. The van der Waals surface area contributed by atoms with Gasteiger partial charge in [0.15, 0.2) is 0 Å². The van der Waals surface area contributed by atoms with Gasteiger partial charge in [-0.25, -0.2) is 9.97 Å². The van der Waals surface area contributed by atoms with Crippen LogP contribution in [0.2, 0.25) is 5.15 Å². The van der Waals surface area contributed by atoms with E-state index in [0.717, 1.165) is 29.1 Å². The van der Waals surface area contributed by atoms with Gasteiger partial charge in [-0.3, -0.25) is 0 Å². The molecule has 0 aliphatic heterocycles. The Morgan fingerprint density at radius 3 is 2.50 bits per heavy atom. The highest BCUT2D eigenvalue weighted by atomic mass is 35.5. The van der Waals surface area contributed by atoms with Crippen molar-refractivity contribution in [2.24, 2.45) is 0 Å². The first-order valence-electron chi connectivity index (χ1n) is 6.13. The molecule has 1 aromatic carbocycles. The van der Waals surface area contributed by atoms with E-state index in [4.69, 9.17) is 11.6 Å². The van der Waals surface area contributed by atoms with Gasteiger partial charge in [-0.1, -0.05) is 36.2 Å². The monoisotopic (exact) mass is 260 g/mol. The number of rotatable bonds is 2. The number of hydrogen-bond donors (Lipinski definition) is 0. The molecule has 0 bridgehead atoms. The van der Waals surface area contributed by atoms with Gasteiger partial charge in [0.05, 0.1) is 5.69 Å².